The van der Waals surface area contributed by atoms with Crippen molar-refractivity contribution in [1.82, 2.24) is 4.98 Å². The predicted molar refractivity (Wildman–Crippen MR) is 76.6 cm³/mol. The molecule has 1 aromatic heterocycles. The van der Waals surface area contributed by atoms with Crippen LogP contribution in [0.2, 0.25) is 0 Å². The van der Waals surface area contributed by atoms with Crippen LogP contribution in [-0.2, 0) is 11.3 Å². The lowest BCUT2D eigenvalue weighted by molar-refractivity contribution is 0.0471. The maximum atomic E-state index is 13.2. The topological polar surface area (TPSA) is 65.2 Å². The number of rotatable bonds is 3. The molecule has 2 N–H and O–H groups in total. The SMILES string of the molecule is Cc1cncc(COC(=O)c2cc(N)c(F)cc2Br)c1. The van der Waals surface area contributed by atoms with Crippen LogP contribution in [-0.4, -0.2) is 11.0 Å². The molecule has 2 aromatic rings. The standard InChI is InChI=1S/C14H12BrFN2O2/c1-8-2-9(6-18-5-8)7-20-14(19)10-3-13(17)12(16)4-11(10)15/h2-6H,7,17H2,1H3. The molecule has 0 aliphatic rings. The first kappa shape index (κ1) is 14.5. The fourth-order valence-electron chi connectivity index (χ4n) is 1.65. The van der Waals surface area contributed by atoms with E-state index < -0.39 is 11.8 Å². The Balaban J connectivity index is 2.11. The van der Waals surface area contributed by atoms with Crippen LogP contribution in [0.4, 0.5) is 10.1 Å². The fraction of sp³-hybridized carbons (Fsp3) is 0.143. The first-order chi connectivity index (χ1) is 9.47. The van der Waals surface area contributed by atoms with Crippen molar-refractivity contribution in [3.63, 3.8) is 0 Å². The molecule has 0 unspecified atom stereocenters. The number of aromatic nitrogens is 1. The molecule has 0 radical (unpaired) electrons. The fourth-order valence-corrected chi connectivity index (χ4v) is 2.12. The third kappa shape index (κ3) is 3.33. The van der Waals surface area contributed by atoms with Gasteiger partial charge in [-0.1, -0.05) is 0 Å². The minimum absolute atomic E-state index is 0.0945. The van der Waals surface area contributed by atoms with Gasteiger partial charge in [0, 0.05) is 22.4 Å². The smallest absolute Gasteiger partial charge is 0.339 e. The van der Waals surface area contributed by atoms with Crippen molar-refractivity contribution in [1.29, 1.82) is 0 Å². The summed E-state index contributed by atoms with van der Waals surface area (Å²) in [4.78, 5) is 15.9. The van der Waals surface area contributed by atoms with E-state index in [0.29, 0.717) is 4.47 Å². The quantitative estimate of drug-likeness (QED) is 0.689. The number of ether oxygens (including phenoxy) is 1. The van der Waals surface area contributed by atoms with Gasteiger partial charge in [-0.15, -0.1) is 0 Å². The Morgan fingerprint density at radius 3 is 2.85 bits per heavy atom. The van der Waals surface area contributed by atoms with Crippen LogP contribution in [0.3, 0.4) is 0 Å². The molecule has 0 aliphatic heterocycles. The molecule has 0 bridgehead atoms. The van der Waals surface area contributed by atoms with Gasteiger partial charge in [-0.05, 0) is 46.6 Å². The van der Waals surface area contributed by atoms with E-state index in [1.165, 1.54) is 6.07 Å². The van der Waals surface area contributed by atoms with E-state index in [0.717, 1.165) is 17.2 Å². The number of nitrogens with two attached hydrogens (primary N) is 1. The number of hydrogen-bond donors (Lipinski definition) is 1. The van der Waals surface area contributed by atoms with Crippen molar-refractivity contribution in [3.8, 4) is 0 Å². The summed E-state index contributed by atoms with van der Waals surface area (Å²) in [6.45, 7) is 1.99. The van der Waals surface area contributed by atoms with Gasteiger partial charge in [0.1, 0.15) is 12.4 Å². The van der Waals surface area contributed by atoms with Crippen molar-refractivity contribution in [2.75, 3.05) is 5.73 Å². The molecule has 1 aromatic carbocycles. The molecule has 0 saturated carbocycles. The Morgan fingerprint density at radius 1 is 1.40 bits per heavy atom. The van der Waals surface area contributed by atoms with E-state index in [2.05, 4.69) is 20.9 Å². The molecule has 4 nitrogen and oxygen atoms in total. The van der Waals surface area contributed by atoms with Gasteiger partial charge < -0.3 is 10.5 Å². The zero-order chi connectivity index (χ0) is 14.7. The lowest BCUT2D eigenvalue weighted by Crippen LogP contribution is -2.08. The summed E-state index contributed by atoms with van der Waals surface area (Å²) in [5.74, 6) is -1.17. The van der Waals surface area contributed by atoms with Gasteiger partial charge >= 0.3 is 5.97 Å². The van der Waals surface area contributed by atoms with Crippen molar-refractivity contribution < 1.29 is 13.9 Å². The molecular weight excluding hydrogens is 327 g/mol. The zero-order valence-corrected chi connectivity index (χ0v) is 12.3. The summed E-state index contributed by atoms with van der Waals surface area (Å²) in [7, 11) is 0. The van der Waals surface area contributed by atoms with Crippen LogP contribution in [0.5, 0.6) is 0 Å². The third-order valence-electron chi connectivity index (χ3n) is 2.61. The van der Waals surface area contributed by atoms with Crippen molar-refractivity contribution in [2.24, 2.45) is 0 Å². The van der Waals surface area contributed by atoms with Crippen LogP contribution in [0, 0.1) is 12.7 Å². The van der Waals surface area contributed by atoms with Crippen molar-refractivity contribution >= 4 is 27.6 Å². The van der Waals surface area contributed by atoms with Gasteiger partial charge in [0.2, 0.25) is 0 Å². The van der Waals surface area contributed by atoms with Crippen LogP contribution in [0.1, 0.15) is 21.5 Å². The Morgan fingerprint density at radius 2 is 2.15 bits per heavy atom. The highest BCUT2D eigenvalue weighted by Crippen LogP contribution is 2.23. The summed E-state index contributed by atoms with van der Waals surface area (Å²) in [6, 6.07) is 4.25. The van der Waals surface area contributed by atoms with E-state index in [1.54, 1.807) is 12.4 Å². The molecular formula is C14H12BrFN2O2. The number of nitrogens with zero attached hydrogens (tertiary/aromatic N) is 1. The summed E-state index contributed by atoms with van der Waals surface area (Å²) < 4.78 is 18.7. The van der Waals surface area contributed by atoms with Crippen LogP contribution >= 0.6 is 15.9 Å². The summed E-state index contributed by atoms with van der Waals surface area (Å²) in [5.41, 5.74) is 7.29. The van der Waals surface area contributed by atoms with Crippen molar-refractivity contribution in [2.45, 2.75) is 13.5 Å². The van der Waals surface area contributed by atoms with Crippen LogP contribution < -0.4 is 5.73 Å². The second-order valence-corrected chi connectivity index (χ2v) is 5.15. The molecule has 6 heteroatoms. The number of hydrogen-bond acceptors (Lipinski definition) is 4. The summed E-state index contributed by atoms with van der Waals surface area (Å²) in [6.07, 6.45) is 3.33. The first-order valence-corrected chi connectivity index (χ1v) is 6.59. The maximum absolute atomic E-state index is 13.2. The van der Waals surface area contributed by atoms with Gasteiger partial charge in [-0.3, -0.25) is 4.98 Å². The first-order valence-electron chi connectivity index (χ1n) is 5.79. The molecule has 104 valence electrons. The number of nitrogen functional groups attached to an aromatic ring is 1. The Labute approximate surface area is 123 Å². The van der Waals surface area contributed by atoms with Gasteiger partial charge in [-0.25, -0.2) is 9.18 Å². The third-order valence-corrected chi connectivity index (χ3v) is 3.26. The molecule has 1 heterocycles. The lowest BCUT2D eigenvalue weighted by Gasteiger charge is -2.08. The maximum Gasteiger partial charge on any atom is 0.339 e. The largest absolute Gasteiger partial charge is 0.457 e. The molecule has 2 rings (SSSR count). The van der Waals surface area contributed by atoms with E-state index in [1.807, 2.05) is 13.0 Å². The Hall–Kier alpha value is -1.95. The van der Waals surface area contributed by atoms with Crippen LogP contribution in [0.15, 0.2) is 35.1 Å². The molecule has 0 fully saturated rings. The predicted octanol–water partition coefficient (Wildman–Crippen LogP) is 3.23. The number of halogens is 2. The summed E-state index contributed by atoms with van der Waals surface area (Å²) >= 11 is 3.11. The van der Waals surface area contributed by atoms with Gasteiger partial charge in [0.05, 0.1) is 11.3 Å². The molecule has 0 saturated heterocycles. The minimum Gasteiger partial charge on any atom is -0.457 e. The van der Waals surface area contributed by atoms with Gasteiger partial charge in [0.15, 0.2) is 0 Å². The number of esters is 1. The number of anilines is 1. The zero-order valence-electron chi connectivity index (χ0n) is 10.7. The highest BCUT2D eigenvalue weighted by atomic mass is 79.9. The lowest BCUT2D eigenvalue weighted by atomic mass is 10.2. The Kier molecular flexibility index (Phi) is 4.34. The highest BCUT2D eigenvalue weighted by Gasteiger charge is 2.14. The number of pyridine rings is 1. The molecule has 0 amide bonds. The van der Waals surface area contributed by atoms with Gasteiger partial charge in [0.25, 0.3) is 0 Å². The Bertz CT molecular complexity index is 662. The molecule has 0 aliphatic carbocycles. The van der Waals surface area contributed by atoms with E-state index in [9.17, 15) is 9.18 Å². The van der Waals surface area contributed by atoms with Crippen LogP contribution in [0.25, 0.3) is 0 Å². The van der Waals surface area contributed by atoms with E-state index in [-0.39, 0.29) is 17.9 Å². The average molecular weight is 339 g/mol. The number of aryl methyl sites for hydroxylation is 1. The number of carbonyl (C=O) groups excluding carboxylic acids is 1. The normalized spacial score (nSPS) is 10.3. The van der Waals surface area contributed by atoms with Crippen molar-refractivity contribution in [3.05, 3.63) is 57.6 Å². The molecule has 20 heavy (non-hydrogen) atoms. The average Bonchev–Trinajstić information content (AvgIpc) is 2.40. The number of carbonyl (C=O) groups is 1. The van der Waals surface area contributed by atoms with E-state index in [4.69, 9.17) is 10.5 Å². The van der Waals surface area contributed by atoms with E-state index >= 15 is 0 Å². The highest BCUT2D eigenvalue weighted by molar-refractivity contribution is 9.10. The second-order valence-electron chi connectivity index (χ2n) is 4.30. The number of benzene rings is 1. The molecule has 0 atom stereocenters. The second kappa shape index (κ2) is 6.00. The monoisotopic (exact) mass is 338 g/mol. The molecule has 0 spiro atoms. The summed E-state index contributed by atoms with van der Waals surface area (Å²) in [5, 5.41) is 0. The minimum atomic E-state index is -0.587. The van der Waals surface area contributed by atoms with Gasteiger partial charge in [-0.2, -0.15) is 0 Å².